The lowest BCUT2D eigenvalue weighted by atomic mass is 10.1. The van der Waals surface area contributed by atoms with Gasteiger partial charge in [0.1, 0.15) is 27.4 Å². The first-order valence-electron chi connectivity index (χ1n) is 9.22. The molecule has 3 rings (SSSR count). The highest BCUT2D eigenvalue weighted by Gasteiger charge is 2.20. The predicted molar refractivity (Wildman–Crippen MR) is 121 cm³/mol. The molecule has 0 bridgehead atoms. The number of carbonyl (C=O) groups excluding carboxylic acids is 1. The van der Waals surface area contributed by atoms with Gasteiger partial charge in [-0.05, 0) is 38.5 Å². The first kappa shape index (κ1) is 21.6. The number of methoxy groups -OCH3 is 1. The Bertz CT molecular complexity index is 1140. The van der Waals surface area contributed by atoms with Crippen LogP contribution in [0.25, 0.3) is 16.8 Å². The Balaban J connectivity index is 1.88. The highest BCUT2D eigenvalue weighted by atomic mass is 32.1. The van der Waals surface area contributed by atoms with E-state index in [1.54, 1.807) is 20.2 Å². The minimum absolute atomic E-state index is 0.304. The Morgan fingerprint density at radius 2 is 2.17 bits per heavy atom. The molecule has 2 aromatic heterocycles. The van der Waals surface area contributed by atoms with Gasteiger partial charge in [-0.15, -0.1) is 22.7 Å². The summed E-state index contributed by atoms with van der Waals surface area (Å²) in [6.07, 6.45) is 1.58. The predicted octanol–water partition coefficient (Wildman–Crippen LogP) is 5.65. The fourth-order valence-electron chi connectivity index (χ4n) is 2.77. The molecule has 0 saturated carbocycles. The molecule has 0 saturated heterocycles. The molecule has 0 aliphatic rings. The highest BCUT2D eigenvalue weighted by Crippen LogP contribution is 2.34. The molecule has 3 aromatic rings. The summed E-state index contributed by atoms with van der Waals surface area (Å²) in [7, 11) is 1.62. The lowest BCUT2D eigenvalue weighted by molar-refractivity contribution is 0.0527. The molecule has 0 amide bonds. The van der Waals surface area contributed by atoms with Crippen molar-refractivity contribution in [3.63, 3.8) is 0 Å². The maximum absolute atomic E-state index is 12.3. The van der Waals surface area contributed by atoms with Crippen LogP contribution >= 0.6 is 22.7 Å². The molecule has 0 unspecified atom stereocenters. The Morgan fingerprint density at radius 1 is 1.37 bits per heavy atom. The molecule has 0 radical (unpaired) electrons. The van der Waals surface area contributed by atoms with E-state index in [0.717, 1.165) is 27.4 Å². The maximum atomic E-state index is 12.3. The number of benzene rings is 1. The van der Waals surface area contributed by atoms with Gasteiger partial charge in [-0.3, -0.25) is 0 Å². The molecule has 0 aliphatic heterocycles. The molecule has 0 aliphatic carbocycles. The fourth-order valence-corrected chi connectivity index (χ4v) is 4.58. The summed E-state index contributed by atoms with van der Waals surface area (Å²) in [5, 5.41) is 15.9. The van der Waals surface area contributed by atoms with Crippen LogP contribution in [0.15, 0.2) is 35.8 Å². The SMILES string of the molecule is CCOC(=O)c1c(NC=C(C#N)c2nc(-c3cccc(OC)c3)cs2)sc(C)c1C. The van der Waals surface area contributed by atoms with Crippen molar-refractivity contribution < 1.29 is 14.3 Å². The van der Waals surface area contributed by atoms with E-state index in [4.69, 9.17) is 9.47 Å². The van der Waals surface area contributed by atoms with Crippen molar-refractivity contribution in [1.29, 1.82) is 5.26 Å². The van der Waals surface area contributed by atoms with Gasteiger partial charge < -0.3 is 14.8 Å². The van der Waals surface area contributed by atoms with E-state index in [9.17, 15) is 10.1 Å². The molecule has 1 N–H and O–H groups in total. The van der Waals surface area contributed by atoms with Crippen LogP contribution in [-0.2, 0) is 4.74 Å². The number of thiazole rings is 1. The third-order valence-corrected chi connectivity index (χ3v) is 6.45. The van der Waals surface area contributed by atoms with Gasteiger partial charge in [0, 0.05) is 22.0 Å². The van der Waals surface area contributed by atoms with Crippen molar-refractivity contribution in [2.24, 2.45) is 0 Å². The van der Waals surface area contributed by atoms with Crippen molar-refractivity contribution in [2.45, 2.75) is 20.8 Å². The van der Waals surface area contributed by atoms with Gasteiger partial charge in [-0.2, -0.15) is 5.26 Å². The Kier molecular flexibility index (Phi) is 6.87. The van der Waals surface area contributed by atoms with Crippen LogP contribution in [-0.4, -0.2) is 24.7 Å². The van der Waals surface area contributed by atoms with Gasteiger partial charge in [0.15, 0.2) is 0 Å². The maximum Gasteiger partial charge on any atom is 0.341 e. The normalized spacial score (nSPS) is 11.1. The zero-order chi connectivity index (χ0) is 21.7. The summed E-state index contributed by atoms with van der Waals surface area (Å²) < 4.78 is 10.4. The molecule has 8 heteroatoms. The van der Waals surface area contributed by atoms with Crippen LogP contribution in [0.4, 0.5) is 5.00 Å². The van der Waals surface area contributed by atoms with Crippen LogP contribution in [0.3, 0.4) is 0 Å². The number of nitrogens with zero attached hydrogens (tertiary/aromatic N) is 2. The largest absolute Gasteiger partial charge is 0.497 e. The Labute approximate surface area is 183 Å². The van der Waals surface area contributed by atoms with E-state index < -0.39 is 0 Å². The minimum atomic E-state index is -0.372. The van der Waals surface area contributed by atoms with E-state index in [1.807, 2.05) is 43.5 Å². The molecule has 0 fully saturated rings. The van der Waals surface area contributed by atoms with E-state index in [2.05, 4.69) is 16.4 Å². The molecule has 154 valence electrons. The summed E-state index contributed by atoms with van der Waals surface area (Å²) in [6, 6.07) is 9.79. The zero-order valence-corrected chi connectivity index (χ0v) is 18.7. The van der Waals surface area contributed by atoms with Gasteiger partial charge in [0.05, 0.1) is 25.0 Å². The van der Waals surface area contributed by atoms with Crippen molar-refractivity contribution in [3.8, 4) is 23.1 Å². The number of allylic oxidation sites excluding steroid dienone is 1. The van der Waals surface area contributed by atoms with Crippen molar-refractivity contribution in [2.75, 3.05) is 19.0 Å². The Hall–Kier alpha value is -3.15. The van der Waals surface area contributed by atoms with E-state index in [1.165, 1.54) is 22.7 Å². The number of rotatable bonds is 7. The number of hydrogen-bond donors (Lipinski definition) is 1. The summed E-state index contributed by atoms with van der Waals surface area (Å²) in [5.74, 6) is 0.373. The second-order valence-electron chi connectivity index (χ2n) is 6.29. The van der Waals surface area contributed by atoms with Crippen LogP contribution in [0.2, 0.25) is 0 Å². The number of nitriles is 1. The van der Waals surface area contributed by atoms with Crippen molar-refractivity contribution >= 4 is 39.2 Å². The average Bonchev–Trinajstić information content (AvgIpc) is 3.34. The average molecular weight is 440 g/mol. The smallest absolute Gasteiger partial charge is 0.341 e. The molecule has 6 nitrogen and oxygen atoms in total. The van der Waals surface area contributed by atoms with Crippen LogP contribution in [0.5, 0.6) is 5.75 Å². The van der Waals surface area contributed by atoms with Gasteiger partial charge >= 0.3 is 5.97 Å². The van der Waals surface area contributed by atoms with E-state index >= 15 is 0 Å². The van der Waals surface area contributed by atoms with Crippen LogP contribution in [0, 0.1) is 25.2 Å². The first-order valence-corrected chi connectivity index (χ1v) is 10.9. The van der Waals surface area contributed by atoms with Crippen LogP contribution in [0.1, 0.15) is 32.7 Å². The molecular formula is C22H21N3O3S2. The summed E-state index contributed by atoms with van der Waals surface area (Å²) >= 11 is 2.83. The van der Waals surface area contributed by atoms with Gasteiger partial charge in [-0.25, -0.2) is 9.78 Å². The number of nitrogens with one attached hydrogen (secondary N) is 1. The molecule has 30 heavy (non-hydrogen) atoms. The second kappa shape index (κ2) is 9.57. The monoisotopic (exact) mass is 439 g/mol. The molecular weight excluding hydrogens is 418 g/mol. The highest BCUT2D eigenvalue weighted by molar-refractivity contribution is 7.16. The molecule has 0 spiro atoms. The van der Waals surface area contributed by atoms with Crippen LogP contribution < -0.4 is 10.1 Å². The van der Waals surface area contributed by atoms with Gasteiger partial charge in [-0.1, -0.05) is 12.1 Å². The number of thiophene rings is 1. The quantitative estimate of drug-likeness (QED) is 0.378. The fraction of sp³-hybridized carbons (Fsp3) is 0.227. The summed E-state index contributed by atoms with van der Waals surface area (Å²) in [4.78, 5) is 17.9. The number of esters is 1. The van der Waals surface area contributed by atoms with Gasteiger partial charge in [0.25, 0.3) is 0 Å². The van der Waals surface area contributed by atoms with Gasteiger partial charge in [0.2, 0.25) is 0 Å². The minimum Gasteiger partial charge on any atom is -0.497 e. The molecule has 0 atom stereocenters. The number of aromatic nitrogens is 1. The lowest BCUT2D eigenvalue weighted by Gasteiger charge is -2.05. The zero-order valence-electron chi connectivity index (χ0n) is 17.1. The van der Waals surface area contributed by atoms with E-state index in [-0.39, 0.29) is 5.97 Å². The summed E-state index contributed by atoms with van der Waals surface area (Å²) in [6.45, 7) is 5.91. The number of aryl methyl sites for hydroxylation is 1. The second-order valence-corrected chi connectivity index (χ2v) is 8.37. The third kappa shape index (κ3) is 4.53. The third-order valence-electron chi connectivity index (χ3n) is 4.43. The Morgan fingerprint density at radius 3 is 2.87 bits per heavy atom. The standard InChI is InChI=1S/C22H21N3O3S2/c1-5-28-22(26)19-13(2)14(3)30-21(19)24-11-16(10-23)20-25-18(12-29-20)15-7-6-8-17(9-15)27-4/h6-9,11-12,24H,5H2,1-4H3. The lowest BCUT2D eigenvalue weighted by Crippen LogP contribution is -2.07. The number of ether oxygens (including phenoxy) is 2. The number of carbonyl (C=O) groups is 1. The van der Waals surface area contributed by atoms with E-state index in [0.29, 0.717) is 27.8 Å². The summed E-state index contributed by atoms with van der Waals surface area (Å²) in [5.41, 5.74) is 3.44. The first-order chi connectivity index (χ1) is 14.5. The van der Waals surface area contributed by atoms with Crippen molar-refractivity contribution in [1.82, 2.24) is 4.98 Å². The van der Waals surface area contributed by atoms with Crippen molar-refractivity contribution in [3.05, 3.63) is 56.9 Å². The molecule has 1 aromatic carbocycles. The number of anilines is 1. The topological polar surface area (TPSA) is 84.2 Å². The molecule has 2 heterocycles. The number of hydrogen-bond acceptors (Lipinski definition) is 8.